The number of nitrogens with one attached hydrogen (secondary N) is 2. The zero-order valence-corrected chi connectivity index (χ0v) is 19.2. The number of benzene rings is 2. The molecule has 0 fully saturated rings. The Bertz CT molecular complexity index is 1080. The molecule has 0 aliphatic carbocycles. The lowest BCUT2D eigenvalue weighted by molar-refractivity contribution is -0.118. The van der Waals surface area contributed by atoms with E-state index in [2.05, 4.69) is 42.7 Å². The summed E-state index contributed by atoms with van der Waals surface area (Å²) < 4.78 is 0. The van der Waals surface area contributed by atoms with E-state index in [-0.39, 0.29) is 23.6 Å². The number of hydrogen-bond donors (Lipinski definition) is 2. The fourth-order valence-corrected chi connectivity index (χ4v) is 4.08. The summed E-state index contributed by atoms with van der Waals surface area (Å²) in [4.78, 5) is 26.9. The predicted octanol–water partition coefficient (Wildman–Crippen LogP) is 5.71. The molecule has 0 unspecified atom stereocenters. The van der Waals surface area contributed by atoms with Crippen molar-refractivity contribution in [2.45, 2.75) is 40.2 Å². The minimum atomic E-state index is -0.308. The number of carbonyl (C=O) groups is 2. The summed E-state index contributed by atoms with van der Waals surface area (Å²) in [5.74, 6) is -0.613. The van der Waals surface area contributed by atoms with Crippen LogP contribution in [0.3, 0.4) is 0 Å². The fourth-order valence-electron chi connectivity index (χ4n) is 3.43. The molecule has 2 amide bonds. The molecule has 0 saturated carbocycles. The molecule has 1 atom stereocenters. The van der Waals surface area contributed by atoms with E-state index >= 15 is 0 Å². The number of aryl methyl sites for hydroxylation is 3. The van der Waals surface area contributed by atoms with Gasteiger partial charge in [0.2, 0.25) is 0 Å². The van der Waals surface area contributed by atoms with Gasteiger partial charge in [0.15, 0.2) is 0 Å². The van der Waals surface area contributed by atoms with Crippen LogP contribution < -0.4 is 10.6 Å². The summed E-state index contributed by atoms with van der Waals surface area (Å²) in [5, 5.41) is 7.85. The van der Waals surface area contributed by atoms with Gasteiger partial charge in [-0.05, 0) is 68.0 Å². The molecule has 4 nitrogen and oxygen atoms in total. The first-order valence-electron chi connectivity index (χ1n) is 10.4. The third-order valence-electron chi connectivity index (χ3n) is 5.15. The second kappa shape index (κ2) is 10.2. The summed E-state index contributed by atoms with van der Waals surface area (Å²) in [5.41, 5.74) is 5.23. The first-order valence-corrected chi connectivity index (χ1v) is 11.3. The Morgan fingerprint density at radius 2 is 1.71 bits per heavy atom. The lowest BCUT2D eigenvalue weighted by Crippen LogP contribution is -2.37. The molecule has 2 N–H and O–H groups in total. The standard InChI is InChI=1S/C26H28N2O2S/c1-5-23(22-13-10-18(3)15-19(22)4)27-26(30)24(16-21-7-6-14-31-21)28-25(29)20-11-8-17(2)9-12-20/h6-16,23H,5H2,1-4H3,(H,27,30)(H,28,29)/b24-16-/t23-/m0/s1. The summed E-state index contributed by atoms with van der Waals surface area (Å²) in [6, 6.07) is 17.2. The lowest BCUT2D eigenvalue weighted by Gasteiger charge is -2.21. The second-order valence-corrected chi connectivity index (χ2v) is 8.67. The van der Waals surface area contributed by atoms with E-state index in [1.54, 1.807) is 18.2 Å². The molecule has 160 valence electrons. The molecular formula is C26H28N2O2S. The van der Waals surface area contributed by atoms with Crippen molar-refractivity contribution in [1.29, 1.82) is 0 Å². The van der Waals surface area contributed by atoms with Gasteiger partial charge in [0.25, 0.3) is 11.8 Å². The summed E-state index contributed by atoms with van der Waals surface area (Å²) >= 11 is 1.51. The van der Waals surface area contributed by atoms with Crippen molar-refractivity contribution < 1.29 is 9.59 Å². The zero-order valence-electron chi connectivity index (χ0n) is 18.4. The second-order valence-electron chi connectivity index (χ2n) is 7.69. The largest absolute Gasteiger partial charge is 0.344 e. The highest BCUT2D eigenvalue weighted by Crippen LogP contribution is 2.22. The van der Waals surface area contributed by atoms with Gasteiger partial charge < -0.3 is 10.6 Å². The molecule has 0 bridgehead atoms. The van der Waals surface area contributed by atoms with Crippen LogP contribution in [0, 0.1) is 20.8 Å². The van der Waals surface area contributed by atoms with Crippen LogP contribution in [-0.4, -0.2) is 11.8 Å². The van der Waals surface area contributed by atoms with Gasteiger partial charge in [-0.2, -0.15) is 0 Å². The Morgan fingerprint density at radius 1 is 1.00 bits per heavy atom. The Balaban J connectivity index is 1.85. The first kappa shape index (κ1) is 22.5. The summed E-state index contributed by atoms with van der Waals surface area (Å²) in [7, 11) is 0. The molecule has 0 radical (unpaired) electrons. The average Bonchev–Trinajstić information content (AvgIpc) is 3.25. The topological polar surface area (TPSA) is 58.2 Å². The van der Waals surface area contributed by atoms with Gasteiger partial charge in [-0.25, -0.2) is 0 Å². The van der Waals surface area contributed by atoms with Crippen LogP contribution in [0.4, 0.5) is 0 Å². The molecule has 31 heavy (non-hydrogen) atoms. The van der Waals surface area contributed by atoms with Crippen molar-refractivity contribution in [3.63, 3.8) is 0 Å². The first-order chi connectivity index (χ1) is 14.9. The van der Waals surface area contributed by atoms with Crippen LogP contribution in [0.15, 0.2) is 65.7 Å². The van der Waals surface area contributed by atoms with Crippen molar-refractivity contribution in [3.8, 4) is 0 Å². The van der Waals surface area contributed by atoms with Crippen molar-refractivity contribution >= 4 is 29.2 Å². The molecule has 3 rings (SSSR count). The highest BCUT2D eigenvalue weighted by molar-refractivity contribution is 7.10. The Labute approximate surface area is 188 Å². The van der Waals surface area contributed by atoms with E-state index in [0.717, 1.165) is 28.0 Å². The molecule has 0 spiro atoms. The fraction of sp³-hybridized carbons (Fsp3) is 0.231. The zero-order chi connectivity index (χ0) is 22.4. The smallest absolute Gasteiger partial charge is 0.268 e. The predicted molar refractivity (Wildman–Crippen MR) is 128 cm³/mol. The van der Waals surface area contributed by atoms with Crippen LogP contribution in [-0.2, 0) is 4.79 Å². The van der Waals surface area contributed by atoms with Gasteiger partial charge in [0.1, 0.15) is 5.70 Å². The van der Waals surface area contributed by atoms with Gasteiger partial charge >= 0.3 is 0 Å². The van der Waals surface area contributed by atoms with Crippen LogP contribution in [0.1, 0.15) is 56.9 Å². The summed E-state index contributed by atoms with van der Waals surface area (Å²) in [6.07, 6.45) is 2.47. The van der Waals surface area contributed by atoms with Crippen LogP contribution in [0.2, 0.25) is 0 Å². The van der Waals surface area contributed by atoms with Gasteiger partial charge in [0, 0.05) is 10.4 Å². The van der Waals surface area contributed by atoms with E-state index in [9.17, 15) is 9.59 Å². The third kappa shape index (κ3) is 5.92. The quantitative estimate of drug-likeness (QED) is 0.470. The molecule has 3 aromatic rings. The van der Waals surface area contributed by atoms with Crippen LogP contribution in [0.5, 0.6) is 0 Å². The Hall–Kier alpha value is -3.18. The van der Waals surface area contributed by atoms with Crippen LogP contribution in [0.25, 0.3) is 6.08 Å². The SMILES string of the molecule is CC[C@H](NC(=O)/C(=C/c1cccs1)NC(=O)c1ccc(C)cc1)c1ccc(C)cc1C. The molecule has 1 aromatic heterocycles. The molecule has 0 saturated heterocycles. The minimum absolute atomic E-state index is 0.142. The molecular weight excluding hydrogens is 404 g/mol. The maximum atomic E-state index is 13.2. The molecule has 5 heteroatoms. The highest BCUT2D eigenvalue weighted by Gasteiger charge is 2.20. The van der Waals surface area contributed by atoms with Gasteiger partial charge in [0.05, 0.1) is 6.04 Å². The van der Waals surface area contributed by atoms with Gasteiger partial charge in [-0.3, -0.25) is 9.59 Å². The highest BCUT2D eigenvalue weighted by atomic mass is 32.1. The van der Waals surface area contributed by atoms with Crippen molar-refractivity contribution in [1.82, 2.24) is 10.6 Å². The average molecular weight is 433 g/mol. The van der Waals surface area contributed by atoms with E-state index in [0.29, 0.717) is 5.56 Å². The lowest BCUT2D eigenvalue weighted by atomic mass is 9.97. The molecule has 2 aromatic carbocycles. The van der Waals surface area contributed by atoms with E-state index in [1.165, 1.54) is 16.9 Å². The van der Waals surface area contributed by atoms with E-state index in [1.807, 2.05) is 43.5 Å². The maximum Gasteiger partial charge on any atom is 0.268 e. The molecule has 1 heterocycles. The molecule has 0 aliphatic heterocycles. The number of thiophene rings is 1. The number of rotatable bonds is 7. The van der Waals surface area contributed by atoms with Crippen molar-refractivity contribution in [2.24, 2.45) is 0 Å². The minimum Gasteiger partial charge on any atom is -0.344 e. The monoisotopic (exact) mass is 432 g/mol. The Morgan fingerprint density at radius 3 is 2.32 bits per heavy atom. The Kier molecular flexibility index (Phi) is 7.42. The van der Waals surface area contributed by atoms with Crippen LogP contribution >= 0.6 is 11.3 Å². The van der Waals surface area contributed by atoms with Crippen molar-refractivity contribution in [2.75, 3.05) is 0 Å². The summed E-state index contributed by atoms with van der Waals surface area (Å²) in [6.45, 7) is 8.12. The van der Waals surface area contributed by atoms with Crippen molar-refractivity contribution in [3.05, 3.63) is 98.4 Å². The number of carbonyl (C=O) groups excluding carboxylic acids is 2. The van der Waals surface area contributed by atoms with E-state index in [4.69, 9.17) is 0 Å². The van der Waals surface area contributed by atoms with Gasteiger partial charge in [-0.15, -0.1) is 11.3 Å². The van der Waals surface area contributed by atoms with Gasteiger partial charge in [-0.1, -0.05) is 54.4 Å². The number of amides is 2. The maximum absolute atomic E-state index is 13.2. The molecule has 0 aliphatic rings. The van der Waals surface area contributed by atoms with E-state index < -0.39 is 0 Å². The normalized spacial score (nSPS) is 12.3. The number of hydrogen-bond acceptors (Lipinski definition) is 3. The third-order valence-corrected chi connectivity index (χ3v) is 5.97.